The molecule has 0 radical (unpaired) electrons. The summed E-state index contributed by atoms with van der Waals surface area (Å²) in [5.74, 6) is -0.316. The van der Waals surface area contributed by atoms with E-state index in [0.29, 0.717) is 10.6 Å². The predicted molar refractivity (Wildman–Crippen MR) is 96.9 cm³/mol. The Balaban J connectivity index is 1.75. The number of halogens is 1. The summed E-state index contributed by atoms with van der Waals surface area (Å²) in [4.78, 5) is 16.4. The smallest absolute Gasteiger partial charge is 0.257 e. The first-order chi connectivity index (χ1) is 11.1. The summed E-state index contributed by atoms with van der Waals surface area (Å²) in [5.41, 5.74) is 2.08. The molecule has 6 heteroatoms. The number of amides is 1. The quantitative estimate of drug-likeness (QED) is 0.691. The van der Waals surface area contributed by atoms with E-state index in [1.54, 1.807) is 30.5 Å². The van der Waals surface area contributed by atoms with Crippen molar-refractivity contribution in [1.82, 2.24) is 10.3 Å². The maximum atomic E-state index is 12.2. The molecular formula is C17H12ClN3OS. The minimum atomic E-state index is -0.316. The lowest BCUT2D eigenvalue weighted by molar-refractivity contribution is 0.0977. The van der Waals surface area contributed by atoms with Gasteiger partial charge in [-0.15, -0.1) is 0 Å². The lowest BCUT2D eigenvalue weighted by Crippen LogP contribution is -2.34. The highest BCUT2D eigenvalue weighted by molar-refractivity contribution is 7.80. The average molecular weight is 342 g/mol. The molecule has 1 heterocycles. The van der Waals surface area contributed by atoms with Crippen LogP contribution in [0.4, 0.5) is 5.69 Å². The number of carbonyl (C=O) groups is 1. The second kappa shape index (κ2) is 6.73. The van der Waals surface area contributed by atoms with Gasteiger partial charge in [-0.2, -0.15) is 0 Å². The molecule has 1 amide bonds. The standard InChI is InChI=1S/C17H12ClN3OS/c18-12-5-1-4-11(10-12)16(22)21-17(23)20-15-8-2-7-14-13(15)6-3-9-19-14/h1-10H,(H2,20,21,22,23). The fraction of sp³-hybridized carbons (Fsp3) is 0. The van der Waals surface area contributed by atoms with Gasteiger partial charge in [-0.3, -0.25) is 15.1 Å². The van der Waals surface area contributed by atoms with E-state index in [-0.39, 0.29) is 11.0 Å². The zero-order valence-corrected chi connectivity index (χ0v) is 13.5. The third-order valence-corrected chi connectivity index (χ3v) is 3.65. The van der Waals surface area contributed by atoms with Crippen LogP contribution in [0.25, 0.3) is 10.9 Å². The zero-order chi connectivity index (χ0) is 16.2. The Morgan fingerprint density at radius 1 is 1.09 bits per heavy atom. The summed E-state index contributed by atoms with van der Waals surface area (Å²) in [6, 6.07) is 16.1. The van der Waals surface area contributed by atoms with Crippen molar-refractivity contribution in [3.05, 3.63) is 71.4 Å². The van der Waals surface area contributed by atoms with Crippen molar-refractivity contribution in [2.24, 2.45) is 0 Å². The molecule has 0 atom stereocenters. The molecule has 0 aliphatic heterocycles. The average Bonchev–Trinajstić information content (AvgIpc) is 2.55. The number of fused-ring (bicyclic) bond motifs is 1. The number of hydrogen-bond donors (Lipinski definition) is 2. The molecule has 0 aliphatic rings. The fourth-order valence-corrected chi connectivity index (χ4v) is 2.56. The first kappa shape index (κ1) is 15.4. The van der Waals surface area contributed by atoms with Crippen LogP contribution in [0, 0.1) is 0 Å². The maximum Gasteiger partial charge on any atom is 0.257 e. The molecule has 0 fully saturated rings. The summed E-state index contributed by atoms with van der Waals surface area (Å²) in [5, 5.41) is 7.30. The Hall–Kier alpha value is -2.50. The van der Waals surface area contributed by atoms with Gasteiger partial charge in [-0.1, -0.05) is 23.7 Å². The van der Waals surface area contributed by atoms with Crippen LogP contribution in [0.2, 0.25) is 5.02 Å². The number of aromatic nitrogens is 1. The molecule has 23 heavy (non-hydrogen) atoms. The molecule has 0 saturated heterocycles. The normalized spacial score (nSPS) is 10.3. The lowest BCUT2D eigenvalue weighted by Gasteiger charge is -2.11. The van der Waals surface area contributed by atoms with E-state index in [2.05, 4.69) is 15.6 Å². The number of rotatable bonds is 2. The molecule has 2 aromatic carbocycles. The number of nitrogens with one attached hydrogen (secondary N) is 2. The molecule has 0 bridgehead atoms. The number of pyridine rings is 1. The Morgan fingerprint density at radius 2 is 1.91 bits per heavy atom. The van der Waals surface area contributed by atoms with Gasteiger partial charge in [0, 0.05) is 27.9 Å². The van der Waals surface area contributed by atoms with Gasteiger partial charge in [0.2, 0.25) is 0 Å². The second-order valence-corrected chi connectivity index (χ2v) is 5.64. The summed E-state index contributed by atoms with van der Waals surface area (Å²) >= 11 is 11.1. The van der Waals surface area contributed by atoms with Crippen molar-refractivity contribution in [3.63, 3.8) is 0 Å². The topological polar surface area (TPSA) is 54.0 Å². The van der Waals surface area contributed by atoms with Crippen LogP contribution < -0.4 is 10.6 Å². The second-order valence-electron chi connectivity index (χ2n) is 4.79. The minimum Gasteiger partial charge on any atom is -0.332 e. The van der Waals surface area contributed by atoms with Crippen molar-refractivity contribution in [3.8, 4) is 0 Å². The zero-order valence-electron chi connectivity index (χ0n) is 11.9. The van der Waals surface area contributed by atoms with E-state index < -0.39 is 0 Å². The van der Waals surface area contributed by atoms with E-state index in [9.17, 15) is 4.79 Å². The highest BCUT2D eigenvalue weighted by Crippen LogP contribution is 2.21. The Morgan fingerprint density at radius 3 is 2.74 bits per heavy atom. The van der Waals surface area contributed by atoms with Gasteiger partial charge in [-0.25, -0.2) is 0 Å². The number of carbonyl (C=O) groups excluding carboxylic acids is 1. The molecule has 114 valence electrons. The van der Waals surface area contributed by atoms with Gasteiger partial charge in [0.05, 0.1) is 5.52 Å². The molecule has 3 rings (SSSR count). The van der Waals surface area contributed by atoms with E-state index in [4.69, 9.17) is 23.8 Å². The van der Waals surface area contributed by atoms with Crippen LogP contribution in [0.5, 0.6) is 0 Å². The maximum absolute atomic E-state index is 12.2. The van der Waals surface area contributed by atoms with Crippen LogP contribution in [-0.2, 0) is 0 Å². The molecular weight excluding hydrogens is 330 g/mol. The molecule has 0 saturated carbocycles. The lowest BCUT2D eigenvalue weighted by atomic mass is 10.2. The van der Waals surface area contributed by atoms with Crippen molar-refractivity contribution in [1.29, 1.82) is 0 Å². The van der Waals surface area contributed by atoms with Crippen molar-refractivity contribution < 1.29 is 4.79 Å². The van der Waals surface area contributed by atoms with Crippen LogP contribution in [-0.4, -0.2) is 16.0 Å². The first-order valence-corrected chi connectivity index (χ1v) is 7.64. The Labute approximate surface area is 143 Å². The third kappa shape index (κ3) is 3.64. The van der Waals surface area contributed by atoms with Gasteiger partial charge >= 0.3 is 0 Å². The summed E-state index contributed by atoms with van der Waals surface area (Å²) in [6.45, 7) is 0. The van der Waals surface area contributed by atoms with Crippen LogP contribution in [0.15, 0.2) is 60.8 Å². The van der Waals surface area contributed by atoms with Gasteiger partial charge < -0.3 is 5.32 Å². The molecule has 0 spiro atoms. The minimum absolute atomic E-state index is 0.214. The number of nitrogens with zero attached hydrogens (tertiary/aromatic N) is 1. The monoisotopic (exact) mass is 341 g/mol. The molecule has 0 aliphatic carbocycles. The summed E-state index contributed by atoms with van der Waals surface area (Å²) in [7, 11) is 0. The van der Waals surface area contributed by atoms with Crippen molar-refractivity contribution in [2.45, 2.75) is 0 Å². The molecule has 1 aromatic heterocycles. The predicted octanol–water partition coefficient (Wildman–Crippen LogP) is 4.02. The summed E-state index contributed by atoms with van der Waals surface area (Å²) < 4.78 is 0. The molecule has 3 aromatic rings. The fourth-order valence-electron chi connectivity index (χ4n) is 2.17. The number of anilines is 1. The SMILES string of the molecule is O=C(NC(=S)Nc1cccc2ncccc12)c1cccc(Cl)c1. The largest absolute Gasteiger partial charge is 0.332 e. The number of hydrogen-bond acceptors (Lipinski definition) is 3. The van der Waals surface area contributed by atoms with E-state index in [1.165, 1.54) is 0 Å². The molecule has 4 nitrogen and oxygen atoms in total. The first-order valence-electron chi connectivity index (χ1n) is 6.85. The van der Waals surface area contributed by atoms with E-state index in [0.717, 1.165) is 16.6 Å². The van der Waals surface area contributed by atoms with E-state index in [1.807, 2.05) is 30.3 Å². The van der Waals surface area contributed by atoms with Crippen LogP contribution in [0.3, 0.4) is 0 Å². The van der Waals surface area contributed by atoms with Gasteiger partial charge in [-0.05, 0) is 54.7 Å². The van der Waals surface area contributed by atoms with Crippen molar-refractivity contribution in [2.75, 3.05) is 5.32 Å². The molecule has 2 N–H and O–H groups in total. The third-order valence-electron chi connectivity index (χ3n) is 3.21. The number of benzene rings is 2. The Bertz CT molecular complexity index is 892. The van der Waals surface area contributed by atoms with Crippen molar-refractivity contribution >= 4 is 51.4 Å². The molecule has 0 unspecified atom stereocenters. The van der Waals surface area contributed by atoms with Gasteiger partial charge in [0.1, 0.15) is 0 Å². The van der Waals surface area contributed by atoms with E-state index >= 15 is 0 Å². The van der Waals surface area contributed by atoms with Crippen LogP contribution in [0.1, 0.15) is 10.4 Å². The van der Waals surface area contributed by atoms with Crippen LogP contribution >= 0.6 is 23.8 Å². The van der Waals surface area contributed by atoms with Gasteiger partial charge in [0.15, 0.2) is 5.11 Å². The van der Waals surface area contributed by atoms with Gasteiger partial charge in [0.25, 0.3) is 5.91 Å². The summed E-state index contributed by atoms with van der Waals surface area (Å²) in [6.07, 6.45) is 1.73. The number of thiocarbonyl (C=S) groups is 1. The Kier molecular flexibility index (Phi) is 4.50. The highest BCUT2D eigenvalue weighted by atomic mass is 35.5. The highest BCUT2D eigenvalue weighted by Gasteiger charge is 2.09.